The van der Waals surface area contributed by atoms with Crippen LogP contribution >= 0.6 is 34.5 Å². The average Bonchev–Trinajstić information content (AvgIpc) is 3.18. The second-order valence-corrected chi connectivity index (χ2v) is 7.06. The average molecular weight is 393 g/mol. The van der Waals surface area contributed by atoms with E-state index in [4.69, 9.17) is 32.7 Å². The highest BCUT2D eigenvalue weighted by Crippen LogP contribution is 2.36. The zero-order valence-electron chi connectivity index (χ0n) is 12.6. The number of amides is 1. The minimum absolute atomic E-state index is 0.209. The van der Waals surface area contributed by atoms with Crippen LogP contribution in [0.4, 0.5) is 0 Å². The van der Waals surface area contributed by atoms with E-state index in [1.165, 1.54) is 17.6 Å². The van der Waals surface area contributed by atoms with Gasteiger partial charge in [0, 0.05) is 15.1 Å². The molecule has 8 heteroatoms. The molecule has 5 nitrogen and oxygen atoms in total. The highest BCUT2D eigenvalue weighted by atomic mass is 35.5. The maximum absolute atomic E-state index is 12.3. The van der Waals surface area contributed by atoms with Crippen LogP contribution in [0, 0.1) is 0 Å². The lowest BCUT2D eigenvalue weighted by molar-refractivity contribution is 0.0959. The van der Waals surface area contributed by atoms with Gasteiger partial charge in [-0.2, -0.15) is 5.10 Å². The Morgan fingerprint density at radius 3 is 2.88 bits per heavy atom. The van der Waals surface area contributed by atoms with E-state index >= 15 is 0 Å². The van der Waals surface area contributed by atoms with Gasteiger partial charge in [-0.05, 0) is 35.9 Å². The second-order valence-electron chi connectivity index (χ2n) is 5.20. The summed E-state index contributed by atoms with van der Waals surface area (Å²) in [7, 11) is 0. The summed E-state index contributed by atoms with van der Waals surface area (Å²) in [5, 5.41) is 5.76. The van der Waals surface area contributed by atoms with Crippen molar-refractivity contribution in [3.8, 4) is 11.5 Å². The lowest BCUT2D eigenvalue weighted by Gasteiger charge is -1.99. The van der Waals surface area contributed by atoms with Crippen LogP contribution < -0.4 is 14.9 Å². The monoisotopic (exact) mass is 392 g/mol. The van der Waals surface area contributed by atoms with E-state index in [-0.39, 0.29) is 12.7 Å². The smallest absolute Gasteiger partial charge is 0.283 e. The molecule has 1 aliphatic rings. The first-order valence-corrected chi connectivity index (χ1v) is 8.79. The van der Waals surface area contributed by atoms with Gasteiger partial charge < -0.3 is 9.47 Å². The van der Waals surface area contributed by atoms with Crippen molar-refractivity contribution < 1.29 is 14.3 Å². The molecule has 2 heterocycles. The Hall–Kier alpha value is -2.28. The summed E-state index contributed by atoms with van der Waals surface area (Å²) in [6, 6.07) is 10.7. The van der Waals surface area contributed by atoms with Crippen molar-refractivity contribution >= 4 is 56.7 Å². The van der Waals surface area contributed by atoms with Gasteiger partial charge in [0.25, 0.3) is 5.91 Å². The Balaban J connectivity index is 1.51. The number of fused-ring (bicyclic) bond motifs is 2. The normalized spacial score (nSPS) is 12.9. The third-order valence-corrected chi connectivity index (χ3v) is 5.47. The number of nitrogens with zero attached hydrogens (tertiary/aromatic N) is 1. The van der Waals surface area contributed by atoms with E-state index in [9.17, 15) is 4.79 Å². The summed E-state index contributed by atoms with van der Waals surface area (Å²) in [5.74, 6) is 0.968. The van der Waals surface area contributed by atoms with Crippen LogP contribution in [0.5, 0.6) is 11.5 Å². The maximum Gasteiger partial charge on any atom is 0.283 e. The number of halogens is 2. The summed E-state index contributed by atoms with van der Waals surface area (Å²) in [5.41, 5.74) is 3.26. The number of nitrogens with one attached hydrogen (secondary N) is 1. The quantitative estimate of drug-likeness (QED) is 0.518. The Morgan fingerprint density at radius 1 is 1.16 bits per heavy atom. The van der Waals surface area contributed by atoms with Gasteiger partial charge in [-0.15, -0.1) is 11.3 Å². The molecule has 4 rings (SSSR count). The number of benzene rings is 2. The van der Waals surface area contributed by atoms with Crippen LogP contribution in [0.15, 0.2) is 41.5 Å². The molecule has 0 bridgehead atoms. The fourth-order valence-electron chi connectivity index (χ4n) is 2.39. The summed E-state index contributed by atoms with van der Waals surface area (Å²) in [4.78, 5) is 12.7. The predicted octanol–water partition coefficient (Wildman–Crippen LogP) is 4.70. The molecule has 0 saturated heterocycles. The maximum atomic E-state index is 12.3. The number of hydrogen-bond acceptors (Lipinski definition) is 5. The van der Waals surface area contributed by atoms with Crippen LogP contribution in [0.2, 0.25) is 10.0 Å². The molecular formula is C17H10Cl2N2O3S. The number of hydrazone groups is 1. The Morgan fingerprint density at radius 2 is 2.00 bits per heavy atom. The first-order chi connectivity index (χ1) is 12.1. The van der Waals surface area contributed by atoms with Crippen molar-refractivity contribution in [1.82, 2.24) is 5.43 Å². The van der Waals surface area contributed by atoms with Crippen LogP contribution in [0.3, 0.4) is 0 Å². The van der Waals surface area contributed by atoms with Gasteiger partial charge in [-0.25, -0.2) is 5.43 Å². The Bertz CT molecular complexity index is 1020. The summed E-state index contributed by atoms with van der Waals surface area (Å²) in [6.45, 7) is 0.209. The fraction of sp³-hybridized carbons (Fsp3) is 0.0588. The molecule has 25 heavy (non-hydrogen) atoms. The fourth-order valence-corrected chi connectivity index (χ4v) is 4.08. The molecule has 1 N–H and O–H groups in total. The number of hydrogen-bond donors (Lipinski definition) is 1. The van der Waals surface area contributed by atoms with Crippen LogP contribution in [-0.4, -0.2) is 18.9 Å². The third-order valence-electron chi connectivity index (χ3n) is 3.57. The molecule has 0 spiro atoms. The van der Waals surface area contributed by atoms with Crippen LogP contribution in [-0.2, 0) is 0 Å². The van der Waals surface area contributed by atoms with Gasteiger partial charge in [0.05, 0.1) is 11.2 Å². The van der Waals surface area contributed by atoms with Crippen molar-refractivity contribution in [1.29, 1.82) is 0 Å². The molecule has 126 valence electrons. The minimum Gasteiger partial charge on any atom is -0.454 e. The first-order valence-electron chi connectivity index (χ1n) is 7.22. The molecule has 0 saturated carbocycles. The van der Waals surface area contributed by atoms with Crippen LogP contribution in [0.25, 0.3) is 10.1 Å². The van der Waals surface area contributed by atoms with Gasteiger partial charge in [0.2, 0.25) is 6.79 Å². The van der Waals surface area contributed by atoms with Gasteiger partial charge in [-0.3, -0.25) is 4.79 Å². The SMILES string of the molecule is O=C(N/N=C\c1ccc2c(c1)OCO2)c1sc2cc(Cl)ccc2c1Cl. The van der Waals surface area contributed by atoms with Crippen molar-refractivity contribution in [3.63, 3.8) is 0 Å². The second kappa shape index (κ2) is 6.55. The topological polar surface area (TPSA) is 59.9 Å². The summed E-state index contributed by atoms with van der Waals surface area (Å²) in [6.07, 6.45) is 1.53. The highest BCUT2D eigenvalue weighted by molar-refractivity contribution is 7.21. The van der Waals surface area contributed by atoms with Crippen molar-refractivity contribution in [3.05, 3.63) is 56.9 Å². The van der Waals surface area contributed by atoms with Crippen molar-refractivity contribution in [2.45, 2.75) is 0 Å². The molecule has 3 aromatic rings. The largest absolute Gasteiger partial charge is 0.454 e. The standard InChI is InChI=1S/C17H10Cl2N2O3S/c18-10-2-3-11-14(6-10)25-16(15(11)19)17(22)21-20-7-9-1-4-12-13(5-9)24-8-23-12/h1-7H,8H2,(H,21,22)/b20-7-. The van der Waals surface area contributed by atoms with Crippen molar-refractivity contribution in [2.24, 2.45) is 5.10 Å². The van der Waals surface area contributed by atoms with E-state index in [0.29, 0.717) is 26.4 Å². The molecule has 1 aromatic heterocycles. The molecular weight excluding hydrogens is 383 g/mol. The lowest BCUT2D eigenvalue weighted by Crippen LogP contribution is -2.16. The molecule has 2 aromatic carbocycles. The number of carbonyl (C=O) groups is 1. The highest BCUT2D eigenvalue weighted by Gasteiger charge is 2.17. The summed E-state index contributed by atoms with van der Waals surface area (Å²) >= 11 is 13.5. The lowest BCUT2D eigenvalue weighted by atomic mass is 10.2. The zero-order chi connectivity index (χ0) is 17.4. The predicted molar refractivity (Wildman–Crippen MR) is 99.5 cm³/mol. The van der Waals surface area contributed by atoms with Gasteiger partial charge >= 0.3 is 0 Å². The van der Waals surface area contributed by atoms with Gasteiger partial charge in [-0.1, -0.05) is 29.3 Å². The number of thiophene rings is 1. The van der Waals surface area contributed by atoms with Gasteiger partial charge in [0.15, 0.2) is 11.5 Å². The summed E-state index contributed by atoms with van der Waals surface area (Å²) < 4.78 is 11.4. The number of carbonyl (C=O) groups excluding carboxylic acids is 1. The zero-order valence-corrected chi connectivity index (χ0v) is 14.9. The minimum atomic E-state index is -0.376. The number of rotatable bonds is 3. The van der Waals surface area contributed by atoms with Gasteiger partial charge in [0.1, 0.15) is 4.88 Å². The number of ether oxygens (including phenoxy) is 2. The third kappa shape index (κ3) is 3.16. The van der Waals surface area contributed by atoms with E-state index in [2.05, 4.69) is 10.5 Å². The van der Waals surface area contributed by atoms with Crippen LogP contribution in [0.1, 0.15) is 15.2 Å². The Kier molecular flexibility index (Phi) is 4.25. The molecule has 0 radical (unpaired) electrons. The van der Waals surface area contributed by atoms with E-state index in [0.717, 1.165) is 15.6 Å². The van der Waals surface area contributed by atoms with E-state index in [1.54, 1.807) is 30.3 Å². The van der Waals surface area contributed by atoms with E-state index in [1.807, 2.05) is 6.07 Å². The molecule has 0 unspecified atom stereocenters. The molecule has 1 aliphatic heterocycles. The molecule has 1 amide bonds. The first kappa shape index (κ1) is 16.2. The molecule has 0 fully saturated rings. The Labute approximate surface area is 156 Å². The molecule has 0 atom stereocenters. The van der Waals surface area contributed by atoms with Crippen molar-refractivity contribution in [2.75, 3.05) is 6.79 Å². The molecule has 0 aliphatic carbocycles. The van der Waals surface area contributed by atoms with E-state index < -0.39 is 0 Å².